The molecule has 0 aromatic heterocycles. The Kier molecular flexibility index (Phi) is 10.9. The van der Waals surface area contributed by atoms with Crippen molar-refractivity contribution in [2.75, 3.05) is 19.8 Å². The summed E-state index contributed by atoms with van der Waals surface area (Å²) < 4.78 is 27.0. The van der Waals surface area contributed by atoms with Crippen LogP contribution in [0, 0.1) is 5.82 Å². The lowest BCUT2D eigenvalue weighted by atomic mass is 10.0. The van der Waals surface area contributed by atoms with Gasteiger partial charge in [0.1, 0.15) is 19.0 Å². The minimum Gasteiger partial charge on any atom is -0.493 e. The van der Waals surface area contributed by atoms with E-state index in [1.165, 1.54) is 0 Å². The lowest BCUT2D eigenvalue weighted by Gasteiger charge is -2.18. The third-order valence-electron chi connectivity index (χ3n) is 3.44. The highest BCUT2D eigenvalue weighted by molar-refractivity contribution is 9.28. The fourth-order valence-corrected chi connectivity index (χ4v) is 2.52. The van der Waals surface area contributed by atoms with Gasteiger partial charge in [0.25, 0.3) is 0 Å². The fraction of sp³-hybridized carbons (Fsp3) is 0.526. The highest BCUT2D eigenvalue weighted by Gasteiger charge is 2.18. The van der Waals surface area contributed by atoms with Gasteiger partial charge in [-0.1, -0.05) is 19.0 Å². The molecule has 1 aromatic carbocycles. The summed E-state index contributed by atoms with van der Waals surface area (Å²) in [4.78, 5) is 5.15. The minimum atomic E-state index is -0.360. The van der Waals surface area contributed by atoms with E-state index in [0.29, 0.717) is 37.4 Å². The van der Waals surface area contributed by atoms with Crippen LogP contribution in [0.5, 0.6) is 11.5 Å². The predicted octanol–water partition coefficient (Wildman–Crippen LogP) is 6.14. The molecule has 1 rings (SSSR count). The van der Waals surface area contributed by atoms with Crippen LogP contribution >= 0.6 is 31.9 Å². The standard InChI is InChI=1S/C19H26Br2FNO3/c1-5-14-12-16(24-11-8-17(20)21)18(22)15(6-2)19(14)25-9-7-10-26-23-13(3)4/h8,12H,5-7,9-11H2,1-4H3. The van der Waals surface area contributed by atoms with Gasteiger partial charge in [-0.3, -0.25) is 0 Å². The van der Waals surface area contributed by atoms with Crippen LogP contribution in [-0.4, -0.2) is 25.5 Å². The summed E-state index contributed by atoms with van der Waals surface area (Å²) in [5, 5.41) is 3.88. The molecule has 0 heterocycles. The summed E-state index contributed by atoms with van der Waals surface area (Å²) in [6.07, 6.45) is 3.70. The van der Waals surface area contributed by atoms with Gasteiger partial charge in [0.2, 0.25) is 0 Å². The molecule has 0 fully saturated rings. The van der Waals surface area contributed by atoms with Crippen LogP contribution in [0.4, 0.5) is 4.39 Å². The van der Waals surface area contributed by atoms with Crippen molar-refractivity contribution in [3.05, 3.63) is 32.5 Å². The average molecular weight is 495 g/mol. The van der Waals surface area contributed by atoms with E-state index < -0.39 is 0 Å². The lowest BCUT2D eigenvalue weighted by molar-refractivity contribution is 0.127. The van der Waals surface area contributed by atoms with Gasteiger partial charge in [-0.25, -0.2) is 4.39 Å². The Bertz CT molecular complexity index is 640. The maximum absolute atomic E-state index is 14.8. The molecule has 146 valence electrons. The molecule has 0 unspecified atom stereocenters. The molecular formula is C19H26Br2FNO3. The van der Waals surface area contributed by atoms with Gasteiger partial charge in [-0.2, -0.15) is 0 Å². The van der Waals surface area contributed by atoms with Crippen molar-refractivity contribution in [2.45, 2.75) is 47.0 Å². The molecule has 0 amide bonds. The monoisotopic (exact) mass is 493 g/mol. The molecule has 4 nitrogen and oxygen atoms in total. The van der Waals surface area contributed by atoms with E-state index in [0.717, 1.165) is 21.1 Å². The SMILES string of the molecule is CCc1cc(OCC=C(Br)Br)c(F)c(CC)c1OCCCON=C(C)C. The van der Waals surface area contributed by atoms with Gasteiger partial charge in [-0.15, -0.1) is 0 Å². The van der Waals surface area contributed by atoms with Gasteiger partial charge >= 0.3 is 0 Å². The first-order valence-corrected chi connectivity index (χ1v) is 10.2. The number of hydrogen-bond donors (Lipinski definition) is 0. The van der Waals surface area contributed by atoms with E-state index >= 15 is 0 Å². The maximum Gasteiger partial charge on any atom is 0.171 e. The molecule has 0 N–H and O–H groups in total. The van der Waals surface area contributed by atoms with Crippen molar-refractivity contribution in [2.24, 2.45) is 5.16 Å². The number of hydrogen-bond acceptors (Lipinski definition) is 4. The molecule has 0 bridgehead atoms. The van der Waals surface area contributed by atoms with E-state index in [1.54, 1.807) is 12.1 Å². The van der Waals surface area contributed by atoms with Crippen LogP contribution in [-0.2, 0) is 17.7 Å². The van der Waals surface area contributed by atoms with Gasteiger partial charge in [0.05, 0.1) is 15.7 Å². The summed E-state index contributed by atoms with van der Waals surface area (Å²) >= 11 is 6.51. The zero-order chi connectivity index (χ0) is 19.5. The number of aryl methyl sites for hydroxylation is 1. The maximum atomic E-state index is 14.8. The quantitative estimate of drug-likeness (QED) is 0.210. The Labute approximate surface area is 172 Å². The van der Waals surface area contributed by atoms with Crippen LogP contribution < -0.4 is 9.47 Å². The van der Waals surface area contributed by atoms with Crippen LogP contribution in [0.1, 0.15) is 45.2 Å². The molecule has 0 atom stereocenters. The van der Waals surface area contributed by atoms with E-state index in [2.05, 4.69) is 37.0 Å². The molecule has 1 aromatic rings. The van der Waals surface area contributed by atoms with E-state index in [9.17, 15) is 4.39 Å². The minimum absolute atomic E-state index is 0.250. The third kappa shape index (κ3) is 7.66. The topological polar surface area (TPSA) is 40.0 Å². The molecule has 0 aliphatic rings. The van der Waals surface area contributed by atoms with Gasteiger partial charge in [-0.05, 0) is 76.3 Å². The first-order valence-electron chi connectivity index (χ1n) is 8.64. The van der Waals surface area contributed by atoms with Crippen molar-refractivity contribution in [1.29, 1.82) is 0 Å². The van der Waals surface area contributed by atoms with Crippen LogP contribution in [0.15, 0.2) is 20.7 Å². The molecule has 0 aliphatic heterocycles. The molecule has 0 radical (unpaired) electrons. The zero-order valence-corrected chi connectivity index (χ0v) is 18.9. The van der Waals surface area contributed by atoms with Gasteiger partial charge in [0.15, 0.2) is 11.6 Å². The van der Waals surface area contributed by atoms with Crippen molar-refractivity contribution < 1.29 is 18.7 Å². The Hall–Kier alpha value is -1.08. The average Bonchev–Trinajstić information content (AvgIpc) is 2.59. The van der Waals surface area contributed by atoms with Crippen LogP contribution in [0.3, 0.4) is 0 Å². The highest BCUT2D eigenvalue weighted by Crippen LogP contribution is 2.34. The van der Waals surface area contributed by atoms with Gasteiger partial charge in [0, 0.05) is 12.0 Å². The summed E-state index contributed by atoms with van der Waals surface area (Å²) in [5.74, 6) is 0.508. The number of ether oxygens (including phenoxy) is 2. The molecular weight excluding hydrogens is 469 g/mol. The van der Waals surface area contributed by atoms with E-state index in [1.807, 2.05) is 27.7 Å². The van der Waals surface area contributed by atoms with Crippen molar-refractivity contribution in [3.8, 4) is 11.5 Å². The predicted molar refractivity (Wildman–Crippen MR) is 111 cm³/mol. The number of benzene rings is 1. The highest BCUT2D eigenvalue weighted by atomic mass is 79.9. The first kappa shape index (κ1) is 23.0. The van der Waals surface area contributed by atoms with Crippen molar-refractivity contribution in [1.82, 2.24) is 0 Å². The summed E-state index contributed by atoms with van der Waals surface area (Å²) in [6.45, 7) is 8.84. The Morgan fingerprint density at radius 2 is 1.88 bits per heavy atom. The summed E-state index contributed by atoms with van der Waals surface area (Å²) in [7, 11) is 0. The van der Waals surface area contributed by atoms with Crippen LogP contribution in [0.2, 0.25) is 0 Å². The largest absolute Gasteiger partial charge is 0.493 e. The molecule has 0 spiro atoms. The number of rotatable bonds is 11. The Morgan fingerprint density at radius 3 is 2.46 bits per heavy atom. The normalized spacial score (nSPS) is 10.3. The molecule has 0 saturated carbocycles. The van der Waals surface area contributed by atoms with Crippen LogP contribution in [0.25, 0.3) is 0 Å². The lowest BCUT2D eigenvalue weighted by Crippen LogP contribution is -2.08. The van der Waals surface area contributed by atoms with Gasteiger partial charge < -0.3 is 14.3 Å². The zero-order valence-electron chi connectivity index (χ0n) is 15.7. The molecule has 7 heteroatoms. The summed E-state index contributed by atoms with van der Waals surface area (Å²) in [5.41, 5.74) is 2.35. The number of halogens is 3. The first-order chi connectivity index (χ1) is 12.4. The Balaban J connectivity index is 2.85. The molecule has 0 saturated heterocycles. The number of nitrogens with zero attached hydrogens (tertiary/aromatic N) is 1. The smallest absolute Gasteiger partial charge is 0.171 e. The van der Waals surface area contributed by atoms with Crippen molar-refractivity contribution in [3.63, 3.8) is 0 Å². The fourth-order valence-electron chi connectivity index (χ4n) is 2.26. The second kappa shape index (κ2) is 12.3. The van der Waals surface area contributed by atoms with E-state index in [-0.39, 0.29) is 18.2 Å². The molecule has 26 heavy (non-hydrogen) atoms. The summed E-state index contributed by atoms with van der Waals surface area (Å²) in [6, 6.07) is 1.72. The molecule has 0 aliphatic carbocycles. The Morgan fingerprint density at radius 1 is 1.15 bits per heavy atom. The van der Waals surface area contributed by atoms with E-state index in [4.69, 9.17) is 14.3 Å². The number of oxime groups is 1. The third-order valence-corrected chi connectivity index (χ3v) is 4.08. The van der Waals surface area contributed by atoms with Crippen molar-refractivity contribution >= 4 is 37.6 Å². The second-order valence-electron chi connectivity index (χ2n) is 5.74. The second-order valence-corrected chi connectivity index (χ2v) is 8.51.